The molecule has 14 heavy (non-hydrogen) atoms. The maximum absolute atomic E-state index is 10.8. The summed E-state index contributed by atoms with van der Waals surface area (Å²) in [6.45, 7) is 1.15. The quantitative estimate of drug-likeness (QED) is 0.642. The van der Waals surface area contributed by atoms with Crippen molar-refractivity contribution in [3.63, 3.8) is 0 Å². The van der Waals surface area contributed by atoms with Crippen molar-refractivity contribution in [2.45, 2.75) is 30.3 Å². The second-order valence-corrected chi connectivity index (χ2v) is 4.86. The van der Waals surface area contributed by atoms with E-state index in [9.17, 15) is 9.59 Å². The van der Waals surface area contributed by atoms with Crippen LogP contribution in [0.2, 0.25) is 0 Å². The number of carboxylic acid groups (broad SMARTS) is 1. The van der Waals surface area contributed by atoms with Crippen LogP contribution in [0.3, 0.4) is 0 Å². The van der Waals surface area contributed by atoms with Crippen LogP contribution in [-0.2, 0) is 4.79 Å². The van der Waals surface area contributed by atoms with Gasteiger partial charge < -0.3 is 10.4 Å². The van der Waals surface area contributed by atoms with E-state index in [1.54, 1.807) is 0 Å². The van der Waals surface area contributed by atoms with Gasteiger partial charge in [0.1, 0.15) is 0 Å². The molecule has 3 saturated carbocycles. The van der Waals surface area contributed by atoms with Crippen molar-refractivity contribution >= 4 is 11.9 Å². The summed E-state index contributed by atoms with van der Waals surface area (Å²) in [6.07, 6.45) is 1.73. The van der Waals surface area contributed by atoms with E-state index in [0.717, 1.165) is 19.3 Å². The SMILES string of the molecule is O=C1CN(C23CC(NC(=O)O)(C2)C3)C1. The lowest BCUT2D eigenvalue weighted by Crippen LogP contribution is -2.85. The number of hydrogen-bond acceptors (Lipinski definition) is 3. The van der Waals surface area contributed by atoms with Gasteiger partial charge in [-0.1, -0.05) is 0 Å². The lowest BCUT2D eigenvalue weighted by atomic mass is 9.43. The molecule has 4 fully saturated rings. The number of amides is 1. The van der Waals surface area contributed by atoms with Crippen molar-refractivity contribution in [3.05, 3.63) is 0 Å². The molecule has 3 aliphatic carbocycles. The van der Waals surface area contributed by atoms with Gasteiger partial charge in [-0.2, -0.15) is 0 Å². The fourth-order valence-electron chi connectivity index (χ4n) is 3.14. The molecule has 4 rings (SSSR count). The lowest BCUT2D eigenvalue weighted by Gasteiger charge is -2.74. The first kappa shape index (κ1) is 8.23. The molecule has 0 spiro atoms. The lowest BCUT2D eigenvalue weighted by molar-refractivity contribution is -0.195. The number of carbonyl (C=O) groups excluding carboxylic acids is 1. The van der Waals surface area contributed by atoms with Crippen LogP contribution in [0.5, 0.6) is 0 Å². The number of nitrogens with one attached hydrogen (secondary N) is 1. The predicted octanol–water partition coefficient (Wildman–Crippen LogP) is -0.186. The minimum Gasteiger partial charge on any atom is -0.465 e. The summed E-state index contributed by atoms with van der Waals surface area (Å²) in [6, 6.07) is 0. The van der Waals surface area contributed by atoms with Gasteiger partial charge in [-0.3, -0.25) is 9.69 Å². The maximum atomic E-state index is 10.8. The second-order valence-electron chi connectivity index (χ2n) is 4.86. The highest BCUT2D eigenvalue weighted by molar-refractivity contribution is 5.88. The van der Waals surface area contributed by atoms with Crippen molar-refractivity contribution in [1.29, 1.82) is 0 Å². The monoisotopic (exact) mass is 196 g/mol. The summed E-state index contributed by atoms with van der Waals surface area (Å²) < 4.78 is 0. The smallest absolute Gasteiger partial charge is 0.405 e. The minimum absolute atomic E-state index is 0.148. The molecule has 1 aliphatic heterocycles. The van der Waals surface area contributed by atoms with Gasteiger partial charge in [-0.15, -0.1) is 0 Å². The van der Waals surface area contributed by atoms with Crippen LogP contribution in [-0.4, -0.2) is 46.1 Å². The molecule has 0 radical (unpaired) electrons. The number of ketones is 1. The fourth-order valence-corrected chi connectivity index (χ4v) is 3.14. The van der Waals surface area contributed by atoms with Crippen molar-refractivity contribution in [3.8, 4) is 0 Å². The molecule has 1 amide bonds. The molecule has 0 unspecified atom stereocenters. The maximum Gasteiger partial charge on any atom is 0.405 e. The second kappa shape index (κ2) is 2.11. The topological polar surface area (TPSA) is 69.6 Å². The van der Waals surface area contributed by atoms with Gasteiger partial charge in [0.2, 0.25) is 0 Å². The molecule has 2 N–H and O–H groups in total. The summed E-state index contributed by atoms with van der Waals surface area (Å²) in [5.74, 6) is 0.301. The van der Waals surface area contributed by atoms with Gasteiger partial charge >= 0.3 is 6.09 Å². The summed E-state index contributed by atoms with van der Waals surface area (Å²) >= 11 is 0. The van der Waals surface area contributed by atoms with Crippen LogP contribution in [0.15, 0.2) is 0 Å². The number of hydrogen-bond donors (Lipinski definition) is 2. The predicted molar refractivity (Wildman–Crippen MR) is 47.1 cm³/mol. The van der Waals surface area contributed by atoms with Gasteiger partial charge in [-0.05, 0) is 19.3 Å². The van der Waals surface area contributed by atoms with Gasteiger partial charge in [0.05, 0.1) is 13.1 Å². The van der Waals surface area contributed by atoms with Crippen LogP contribution >= 0.6 is 0 Å². The number of Topliss-reactive ketones (excluding diaryl/α,β-unsaturated/α-hetero) is 1. The Labute approximate surface area is 81.1 Å². The summed E-state index contributed by atoms with van der Waals surface area (Å²) in [5, 5.41) is 11.2. The Morgan fingerprint density at radius 2 is 1.93 bits per heavy atom. The molecule has 0 aromatic carbocycles. The van der Waals surface area contributed by atoms with E-state index in [1.807, 2.05) is 0 Å². The molecule has 0 aromatic heterocycles. The Morgan fingerprint density at radius 1 is 1.36 bits per heavy atom. The van der Waals surface area contributed by atoms with Crippen molar-refractivity contribution in [2.75, 3.05) is 13.1 Å². The number of rotatable bonds is 2. The normalized spacial score (nSPS) is 44.7. The van der Waals surface area contributed by atoms with E-state index < -0.39 is 6.09 Å². The zero-order chi connectivity index (χ0) is 9.97. The van der Waals surface area contributed by atoms with Gasteiger partial charge in [0, 0.05) is 11.1 Å². The first-order valence-electron chi connectivity index (χ1n) is 4.82. The Bertz CT molecular complexity index is 311. The highest BCUT2D eigenvalue weighted by atomic mass is 16.4. The summed E-state index contributed by atoms with van der Waals surface area (Å²) in [4.78, 5) is 23.5. The zero-order valence-corrected chi connectivity index (χ0v) is 7.75. The Hall–Kier alpha value is -1.10. The molecule has 76 valence electrons. The minimum atomic E-state index is -0.932. The van der Waals surface area contributed by atoms with E-state index in [0.29, 0.717) is 18.9 Å². The fraction of sp³-hybridized carbons (Fsp3) is 0.778. The van der Waals surface area contributed by atoms with E-state index in [1.165, 1.54) is 0 Å². The van der Waals surface area contributed by atoms with Crippen LogP contribution in [0, 0.1) is 0 Å². The Balaban J connectivity index is 1.59. The Kier molecular flexibility index (Phi) is 1.24. The van der Waals surface area contributed by atoms with Gasteiger partial charge in [0.15, 0.2) is 5.78 Å². The first-order chi connectivity index (χ1) is 6.54. The number of nitrogens with zero attached hydrogens (tertiary/aromatic N) is 1. The van der Waals surface area contributed by atoms with E-state index in [4.69, 9.17) is 5.11 Å². The van der Waals surface area contributed by atoms with E-state index in [2.05, 4.69) is 10.2 Å². The molecule has 4 aliphatic rings. The van der Waals surface area contributed by atoms with Gasteiger partial charge in [0.25, 0.3) is 0 Å². The highest BCUT2D eigenvalue weighted by Gasteiger charge is 2.72. The number of likely N-dealkylation sites (tertiary alicyclic amines) is 1. The van der Waals surface area contributed by atoms with Crippen LogP contribution in [0.1, 0.15) is 19.3 Å². The average molecular weight is 196 g/mol. The molecule has 5 heteroatoms. The third-order valence-electron chi connectivity index (χ3n) is 3.78. The van der Waals surface area contributed by atoms with Gasteiger partial charge in [-0.25, -0.2) is 4.79 Å². The molecule has 0 atom stereocenters. The molecule has 0 aromatic rings. The molecule has 2 bridgehead atoms. The third kappa shape index (κ3) is 0.829. The van der Waals surface area contributed by atoms with E-state index >= 15 is 0 Å². The van der Waals surface area contributed by atoms with Crippen molar-refractivity contribution in [1.82, 2.24) is 10.2 Å². The molecular formula is C9H12N2O3. The van der Waals surface area contributed by atoms with Crippen LogP contribution < -0.4 is 5.32 Å². The highest BCUT2D eigenvalue weighted by Crippen LogP contribution is 2.64. The average Bonchev–Trinajstić information content (AvgIpc) is 1.87. The Morgan fingerprint density at radius 3 is 2.36 bits per heavy atom. The van der Waals surface area contributed by atoms with Crippen LogP contribution in [0.25, 0.3) is 0 Å². The molecule has 5 nitrogen and oxygen atoms in total. The molecular weight excluding hydrogens is 184 g/mol. The standard InChI is InChI=1S/C9H12N2O3/c12-6-1-11(2-6)9-3-8(4-9,5-9)10-7(13)14/h10H,1-5H2,(H,13,14). The third-order valence-corrected chi connectivity index (χ3v) is 3.78. The summed E-state index contributed by atoms with van der Waals surface area (Å²) in [7, 11) is 0. The molecule has 1 saturated heterocycles. The van der Waals surface area contributed by atoms with Crippen molar-refractivity contribution in [2.24, 2.45) is 0 Å². The van der Waals surface area contributed by atoms with Crippen LogP contribution in [0.4, 0.5) is 4.79 Å². The number of carbonyl (C=O) groups is 2. The van der Waals surface area contributed by atoms with E-state index in [-0.39, 0.29) is 11.1 Å². The first-order valence-corrected chi connectivity index (χ1v) is 4.82. The zero-order valence-electron chi connectivity index (χ0n) is 7.75. The van der Waals surface area contributed by atoms with Crippen molar-refractivity contribution < 1.29 is 14.7 Å². The molecule has 1 heterocycles. The largest absolute Gasteiger partial charge is 0.465 e. The summed E-state index contributed by atoms with van der Waals surface area (Å²) in [5.41, 5.74) is 0.0286.